The average Bonchev–Trinajstić information content (AvgIpc) is 2.45. The lowest BCUT2D eigenvalue weighted by atomic mass is 10.1. The Hall–Kier alpha value is -2.10. The molecule has 0 fully saturated rings. The van der Waals surface area contributed by atoms with Crippen molar-refractivity contribution >= 4 is 17.3 Å². The molecule has 0 amide bonds. The van der Waals surface area contributed by atoms with E-state index >= 15 is 0 Å². The zero-order chi connectivity index (χ0) is 15.6. The SMILES string of the molecule is CCN(c1ccc(C)cc1)c1nc(C(C)C)nc(N)c1C. The summed E-state index contributed by atoms with van der Waals surface area (Å²) in [7, 11) is 0. The first-order valence-corrected chi connectivity index (χ1v) is 7.42. The normalized spacial score (nSPS) is 11.0. The Bertz CT molecular complexity index is 617. The summed E-state index contributed by atoms with van der Waals surface area (Å²) in [4.78, 5) is 11.3. The van der Waals surface area contributed by atoms with Crippen LogP contribution in [0.3, 0.4) is 0 Å². The number of hydrogen-bond acceptors (Lipinski definition) is 4. The van der Waals surface area contributed by atoms with Gasteiger partial charge in [-0.15, -0.1) is 0 Å². The fourth-order valence-electron chi connectivity index (χ4n) is 2.24. The summed E-state index contributed by atoms with van der Waals surface area (Å²) >= 11 is 0. The number of nitrogen functional groups attached to an aromatic ring is 1. The van der Waals surface area contributed by atoms with Gasteiger partial charge < -0.3 is 10.6 Å². The van der Waals surface area contributed by atoms with Crippen LogP contribution in [-0.4, -0.2) is 16.5 Å². The summed E-state index contributed by atoms with van der Waals surface area (Å²) in [5, 5.41) is 0. The molecule has 4 nitrogen and oxygen atoms in total. The van der Waals surface area contributed by atoms with Crippen LogP contribution in [-0.2, 0) is 0 Å². The summed E-state index contributed by atoms with van der Waals surface area (Å²) in [5.74, 6) is 2.51. The van der Waals surface area contributed by atoms with Gasteiger partial charge >= 0.3 is 0 Å². The van der Waals surface area contributed by atoms with Crippen LogP contribution < -0.4 is 10.6 Å². The van der Waals surface area contributed by atoms with E-state index in [0.717, 1.165) is 29.4 Å². The predicted octanol–water partition coefficient (Wildman–Crippen LogP) is 3.96. The molecule has 0 spiro atoms. The molecule has 112 valence electrons. The van der Waals surface area contributed by atoms with Crippen LogP contribution in [0.2, 0.25) is 0 Å². The van der Waals surface area contributed by atoms with E-state index < -0.39 is 0 Å². The number of rotatable bonds is 4. The maximum Gasteiger partial charge on any atom is 0.141 e. The topological polar surface area (TPSA) is 55.0 Å². The second-order valence-electron chi connectivity index (χ2n) is 5.65. The van der Waals surface area contributed by atoms with E-state index in [-0.39, 0.29) is 5.92 Å². The highest BCUT2D eigenvalue weighted by molar-refractivity contribution is 5.66. The standard InChI is InChI=1S/C17H24N4/c1-6-21(14-9-7-12(4)8-10-14)17-13(5)15(18)19-16(20-17)11(2)3/h7-11H,6H2,1-5H3,(H2,18,19,20). The molecule has 2 rings (SSSR count). The number of nitrogens with two attached hydrogens (primary N) is 1. The van der Waals surface area contributed by atoms with Crippen molar-refractivity contribution in [1.29, 1.82) is 0 Å². The molecule has 0 aliphatic heterocycles. The minimum absolute atomic E-state index is 0.253. The van der Waals surface area contributed by atoms with E-state index in [1.54, 1.807) is 0 Å². The van der Waals surface area contributed by atoms with Crippen LogP contribution in [0.4, 0.5) is 17.3 Å². The van der Waals surface area contributed by atoms with E-state index in [4.69, 9.17) is 10.7 Å². The third kappa shape index (κ3) is 3.15. The van der Waals surface area contributed by atoms with Gasteiger partial charge in [-0.25, -0.2) is 9.97 Å². The first kappa shape index (κ1) is 15.3. The van der Waals surface area contributed by atoms with Crippen molar-refractivity contribution in [3.63, 3.8) is 0 Å². The van der Waals surface area contributed by atoms with E-state index in [1.807, 2.05) is 6.92 Å². The second-order valence-corrected chi connectivity index (χ2v) is 5.65. The molecule has 4 heteroatoms. The highest BCUT2D eigenvalue weighted by atomic mass is 15.2. The number of hydrogen-bond donors (Lipinski definition) is 1. The first-order valence-electron chi connectivity index (χ1n) is 7.42. The molecule has 0 aliphatic rings. The Kier molecular flexibility index (Phi) is 4.46. The van der Waals surface area contributed by atoms with Gasteiger partial charge in [0.15, 0.2) is 0 Å². The van der Waals surface area contributed by atoms with Crippen LogP contribution in [0.1, 0.15) is 43.6 Å². The Morgan fingerprint density at radius 1 is 1.10 bits per heavy atom. The zero-order valence-electron chi connectivity index (χ0n) is 13.5. The van der Waals surface area contributed by atoms with Crippen LogP contribution >= 0.6 is 0 Å². The van der Waals surface area contributed by atoms with Crippen molar-refractivity contribution in [2.45, 2.75) is 40.5 Å². The van der Waals surface area contributed by atoms with Gasteiger partial charge in [-0.2, -0.15) is 0 Å². The van der Waals surface area contributed by atoms with Crippen LogP contribution in [0.5, 0.6) is 0 Å². The molecule has 0 saturated carbocycles. The van der Waals surface area contributed by atoms with Crippen molar-refractivity contribution < 1.29 is 0 Å². The van der Waals surface area contributed by atoms with Crippen molar-refractivity contribution in [2.75, 3.05) is 17.2 Å². The molecular formula is C17H24N4. The van der Waals surface area contributed by atoms with Gasteiger partial charge in [0.2, 0.25) is 0 Å². The molecular weight excluding hydrogens is 260 g/mol. The zero-order valence-corrected chi connectivity index (χ0v) is 13.5. The highest BCUT2D eigenvalue weighted by Gasteiger charge is 2.17. The molecule has 1 aromatic carbocycles. The number of benzene rings is 1. The summed E-state index contributed by atoms with van der Waals surface area (Å²) in [6.07, 6.45) is 0. The summed E-state index contributed by atoms with van der Waals surface area (Å²) in [5.41, 5.74) is 9.38. The Balaban J connectivity index is 2.53. The smallest absolute Gasteiger partial charge is 0.141 e. The summed E-state index contributed by atoms with van der Waals surface area (Å²) in [6.45, 7) is 11.2. The van der Waals surface area contributed by atoms with Crippen LogP contribution in [0.25, 0.3) is 0 Å². The number of aryl methyl sites for hydroxylation is 1. The minimum Gasteiger partial charge on any atom is -0.383 e. The van der Waals surface area contributed by atoms with Crippen molar-refractivity contribution in [1.82, 2.24) is 9.97 Å². The van der Waals surface area contributed by atoms with Gasteiger partial charge in [0.25, 0.3) is 0 Å². The molecule has 0 bridgehead atoms. The molecule has 1 aromatic heterocycles. The van der Waals surface area contributed by atoms with Crippen molar-refractivity contribution in [2.24, 2.45) is 0 Å². The Labute approximate surface area is 127 Å². The number of nitrogens with zero attached hydrogens (tertiary/aromatic N) is 3. The first-order chi connectivity index (χ1) is 9.93. The van der Waals surface area contributed by atoms with Gasteiger partial charge in [0, 0.05) is 23.7 Å². The average molecular weight is 284 g/mol. The maximum absolute atomic E-state index is 6.08. The van der Waals surface area contributed by atoms with Gasteiger partial charge in [0.1, 0.15) is 17.5 Å². The lowest BCUT2D eigenvalue weighted by molar-refractivity contribution is 0.768. The highest BCUT2D eigenvalue weighted by Crippen LogP contribution is 2.30. The molecule has 0 atom stereocenters. The lowest BCUT2D eigenvalue weighted by Crippen LogP contribution is -2.21. The van der Waals surface area contributed by atoms with E-state index in [1.165, 1.54) is 5.56 Å². The fourth-order valence-corrected chi connectivity index (χ4v) is 2.24. The van der Waals surface area contributed by atoms with Gasteiger partial charge in [0.05, 0.1) is 0 Å². The third-order valence-corrected chi connectivity index (χ3v) is 3.61. The van der Waals surface area contributed by atoms with Crippen molar-refractivity contribution in [3.05, 3.63) is 41.2 Å². The molecule has 1 heterocycles. The molecule has 0 unspecified atom stereocenters. The molecule has 2 N–H and O–H groups in total. The summed E-state index contributed by atoms with van der Waals surface area (Å²) in [6, 6.07) is 8.46. The second kappa shape index (κ2) is 6.12. The molecule has 0 aliphatic carbocycles. The number of anilines is 3. The maximum atomic E-state index is 6.08. The molecule has 0 radical (unpaired) electrons. The van der Waals surface area contributed by atoms with Crippen LogP contribution in [0, 0.1) is 13.8 Å². The molecule has 0 saturated heterocycles. The monoisotopic (exact) mass is 284 g/mol. The Morgan fingerprint density at radius 2 is 1.71 bits per heavy atom. The number of aromatic nitrogens is 2. The van der Waals surface area contributed by atoms with E-state index in [2.05, 4.69) is 61.8 Å². The largest absolute Gasteiger partial charge is 0.383 e. The van der Waals surface area contributed by atoms with Gasteiger partial charge in [-0.05, 0) is 32.9 Å². The molecule has 21 heavy (non-hydrogen) atoms. The minimum atomic E-state index is 0.253. The van der Waals surface area contributed by atoms with Gasteiger partial charge in [-0.1, -0.05) is 31.5 Å². The van der Waals surface area contributed by atoms with Crippen LogP contribution in [0.15, 0.2) is 24.3 Å². The lowest BCUT2D eigenvalue weighted by Gasteiger charge is -2.25. The summed E-state index contributed by atoms with van der Waals surface area (Å²) < 4.78 is 0. The Morgan fingerprint density at radius 3 is 2.24 bits per heavy atom. The van der Waals surface area contributed by atoms with Gasteiger partial charge in [-0.3, -0.25) is 0 Å². The predicted molar refractivity (Wildman–Crippen MR) is 89.1 cm³/mol. The quantitative estimate of drug-likeness (QED) is 0.923. The fraction of sp³-hybridized carbons (Fsp3) is 0.412. The van der Waals surface area contributed by atoms with Crippen molar-refractivity contribution in [3.8, 4) is 0 Å². The molecule has 2 aromatic rings. The van der Waals surface area contributed by atoms with E-state index in [9.17, 15) is 0 Å². The third-order valence-electron chi connectivity index (χ3n) is 3.61. The van der Waals surface area contributed by atoms with E-state index in [0.29, 0.717) is 5.82 Å².